The van der Waals surface area contributed by atoms with Crippen LogP contribution in [0.25, 0.3) is 11.0 Å². The van der Waals surface area contributed by atoms with Crippen molar-refractivity contribution in [3.8, 4) is 5.75 Å². The summed E-state index contributed by atoms with van der Waals surface area (Å²) in [5.74, 6) is 1.59. The van der Waals surface area contributed by atoms with Gasteiger partial charge in [-0.2, -0.15) is 4.89 Å². The molecule has 1 aromatic heterocycles. The number of benzene rings is 2. The number of imidazole rings is 1. The van der Waals surface area contributed by atoms with Gasteiger partial charge in [0.15, 0.2) is 11.9 Å². The molecule has 1 atom stereocenters. The van der Waals surface area contributed by atoms with E-state index in [1.165, 1.54) is 0 Å². The van der Waals surface area contributed by atoms with Crippen LogP contribution in [0.5, 0.6) is 5.75 Å². The molecule has 1 aliphatic rings. The Labute approximate surface area is 109 Å². The minimum Gasteiger partial charge on any atom is -0.340 e. The topological polar surface area (TPSA) is 47.1 Å². The zero-order valence-corrected chi connectivity index (χ0v) is 10.2. The van der Waals surface area contributed by atoms with E-state index in [4.69, 9.17) is 9.78 Å². The lowest BCUT2D eigenvalue weighted by Gasteiger charge is -2.22. The number of rotatable bonds is 1. The summed E-state index contributed by atoms with van der Waals surface area (Å²) >= 11 is 0. The van der Waals surface area contributed by atoms with E-state index in [9.17, 15) is 0 Å². The van der Waals surface area contributed by atoms with Crippen LogP contribution in [0.4, 0.5) is 0 Å². The predicted octanol–water partition coefficient (Wildman–Crippen LogP) is 3.17. The maximum absolute atomic E-state index is 5.43. The highest BCUT2D eigenvalue weighted by molar-refractivity contribution is 5.74. The lowest BCUT2D eigenvalue weighted by atomic mass is 10.1. The van der Waals surface area contributed by atoms with E-state index in [1.54, 1.807) is 0 Å². The summed E-state index contributed by atoms with van der Waals surface area (Å²) in [6.07, 6.45) is 0.568. The van der Waals surface area contributed by atoms with Gasteiger partial charge in [0.05, 0.1) is 11.0 Å². The average molecular weight is 252 g/mol. The van der Waals surface area contributed by atoms with Crippen LogP contribution in [0.15, 0.2) is 48.5 Å². The smallest absolute Gasteiger partial charge is 0.168 e. The van der Waals surface area contributed by atoms with Gasteiger partial charge in [-0.3, -0.25) is 0 Å². The molecule has 2 aromatic carbocycles. The molecule has 94 valence electrons. The molecule has 0 amide bonds. The van der Waals surface area contributed by atoms with Crippen molar-refractivity contribution >= 4 is 11.0 Å². The molecule has 0 radical (unpaired) electrons. The van der Waals surface area contributed by atoms with Gasteiger partial charge in [-0.25, -0.2) is 4.98 Å². The number of para-hydroxylation sites is 3. The minimum atomic E-state index is -0.192. The van der Waals surface area contributed by atoms with Crippen LogP contribution in [0.3, 0.4) is 0 Å². The highest BCUT2D eigenvalue weighted by Crippen LogP contribution is 2.32. The van der Waals surface area contributed by atoms with E-state index < -0.39 is 0 Å². The molecule has 3 aromatic rings. The Hall–Kier alpha value is -2.33. The lowest BCUT2D eigenvalue weighted by molar-refractivity contribution is -0.259. The molecule has 0 fully saturated rings. The van der Waals surface area contributed by atoms with Crippen molar-refractivity contribution in [3.63, 3.8) is 0 Å². The number of hydrogen-bond donors (Lipinski definition) is 1. The van der Waals surface area contributed by atoms with Gasteiger partial charge >= 0.3 is 0 Å². The molecule has 0 saturated carbocycles. The number of H-pyrrole nitrogens is 1. The Balaban J connectivity index is 1.70. The third-order valence-corrected chi connectivity index (χ3v) is 3.34. The number of fused-ring (bicyclic) bond motifs is 2. The molecule has 4 rings (SSSR count). The van der Waals surface area contributed by atoms with Crippen LogP contribution >= 0.6 is 0 Å². The van der Waals surface area contributed by atoms with E-state index >= 15 is 0 Å². The largest absolute Gasteiger partial charge is 0.340 e. The van der Waals surface area contributed by atoms with Crippen molar-refractivity contribution in [2.75, 3.05) is 0 Å². The molecule has 2 heterocycles. The molecule has 0 bridgehead atoms. The molecule has 19 heavy (non-hydrogen) atoms. The molecule has 0 saturated heterocycles. The summed E-state index contributed by atoms with van der Waals surface area (Å²) in [6, 6.07) is 15.8. The Kier molecular flexibility index (Phi) is 2.28. The second-order valence-electron chi connectivity index (χ2n) is 4.62. The van der Waals surface area contributed by atoms with Gasteiger partial charge in [-0.05, 0) is 18.2 Å². The summed E-state index contributed by atoms with van der Waals surface area (Å²) < 4.78 is 0. The van der Waals surface area contributed by atoms with Crippen LogP contribution in [0, 0.1) is 0 Å². The first kappa shape index (κ1) is 10.6. The number of aromatic nitrogens is 2. The van der Waals surface area contributed by atoms with Crippen molar-refractivity contribution < 1.29 is 9.78 Å². The van der Waals surface area contributed by atoms with Crippen LogP contribution in [-0.4, -0.2) is 9.97 Å². The molecule has 4 heteroatoms. The normalized spacial score (nSPS) is 18.0. The summed E-state index contributed by atoms with van der Waals surface area (Å²) in [5.41, 5.74) is 3.10. The summed E-state index contributed by atoms with van der Waals surface area (Å²) in [5, 5.41) is 0. The zero-order valence-electron chi connectivity index (χ0n) is 10.2. The quantitative estimate of drug-likeness (QED) is 0.677. The minimum absolute atomic E-state index is 0.192. The van der Waals surface area contributed by atoms with Gasteiger partial charge in [0.25, 0.3) is 0 Å². The average Bonchev–Trinajstić information content (AvgIpc) is 2.90. The maximum Gasteiger partial charge on any atom is 0.168 e. The second-order valence-corrected chi connectivity index (χ2v) is 4.62. The van der Waals surface area contributed by atoms with Crippen molar-refractivity contribution in [2.45, 2.75) is 12.5 Å². The lowest BCUT2D eigenvalue weighted by Crippen LogP contribution is -2.17. The van der Waals surface area contributed by atoms with Crippen LogP contribution in [-0.2, 0) is 11.3 Å². The maximum atomic E-state index is 5.43. The SMILES string of the molecule is c1ccc2c(c1)CC(c1nc3ccccc3[nH]1)OO2. The highest BCUT2D eigenvalue weighted by Gasteiger charge is 2.25. The first-order chi connectivity index (χ1) is 9.40. The number of nitrogens with zero attached hydrogens (tertiary/aromatic N) is 1. The summed E-state index contributed by atoms with van der Waals surface area (Å²) in [4.78, 5) is 18.6. The van der Waals surface area contributed by atoms with E-state index in [0.29, 0.717) is 0 Å². The molecular formula is C15H12N2O2. The van der Waals surface area contributed by atoms with Crippen molar-refractivity contribution in [3.05, 3.63) is 59.9 Å². The number of aromatic amines is 1. The Morgan fingerprint density at radius 3 is 2.84 bits per heavy atom. The van der Waals surface area contributed by atoms with Crippen molar-refractivity contribution in [1.82, 2.24) is 9.97 Å². The van der Waals surface area contributed by atoms with E-state index in [0.717, 1.165) is 34.6 Å². The van der Waals surface area contributed by atoms with Crippen molar-refractivity contribution in [1.29, 1.82) is 0 Å². The fourth-order valence-electron chi connectivity index (χ4n) is 2.36. The first-order valence-corrected chi connectivity index (χ1v) is 6.26. The van der Waals surface area contributed by atoms with Gasteiger partial charge in [-0.15, -0.1) is 0 Å². The molecule has 4 nitrogen and oxygen atoms in total. The number of nitrogens with one attached hydrogen (secondary N) is 1. The molecule has 0 spiro atoms. The molecular weight excluding hydrogens is 240 g/mol. The van der Waals surface area contributed by atoms with Crippen molar-refractivity contribution in [2.24, 2.45) is 0 Å². The third kappa shape index (κ3) is 1.77. The molecule has 1 aliphatic heterocycles. The monoisotopic (exact) mass is 252 g/mol. The molecule has 0 aliphatic carbocycles. The Bertz CT molecular complexity index is 703. The standard InChI is InChI=1S/C15H12N2O2/c1-4-8-13-10(5-1)9-14(19-18-13)15-16-11-6-2-3-7-12(11)17-15/h1-8,14H,9H2,(H,16,17). The second kappa shape index (κ2) is 4.10. The van der Waals surface area contributed by atoms with Gasteiger partial charge < -0.3 is 9.87 Å². The highest BCUT2D eigenvalue weighted by atomic mass is 17.2. The predicted molar refractivity (Wildman–Crippen MR) is 70.7 cm³/mol. The molecule has 1 unspecified atom stereocenters. The third-order valence-electron chi connectivity index (χ3n) is 3.34. The van der Waals surface area contributed by atoms with Crippen LogP contribution in [0.1, 0.15) is 17.5 Å². The molecule has 1 N–H and O–H groups in total. The van der Waals surface area contributed by atoms with Gasteiger partial charge in [0.1, 0.15) is 5.82 Å². The summed E-state index contributed by atoms with van der Waals surface area (Å²) in [7, 11) is 0. The fourth-order valence-corrected chi connectivity index (χ4v) is 2.36. The van der Waals surface area contributed by atoms with E-state index in [-0.39, 0.29) is 6.10 Å². The Morgan fingerprint density at radius 2 is 1.89 bits per heavy atom. The van der Waals surface area contributed by atoms with E-state index in [2.05, 4.69) is 9.97 Å². The Morgan fingerprint density at radius 1 is 1.05 bits per heavy atom. The van der Waals surface area contributed by atoms with Gasteiger partial charge in [0, 0.05) is 12.0 Å². The fraction of sp³-hybridized carbons (Fsp3) is 0.133. The van der Waals surface area contributed by atoms with Crippen LogP contribution in [0.2, 0.25) is 0 Å². The van der Waals surface area contributed by atoms with Gasteiger partial charge in [0.2, 0.25) is 0 Å². The zero-order chi connectivity index (χ0) is 12.7. The van der Waals surface area contributed by atoms with E-state index in [1.807, 2.05) is 48.5 Å². The summed E-state index contributed by atoms with van der Waals surface area (Å²) in [6.45, 7) is 0. The number of hydrogen-bond acceptors (Lipinski definition) is 3. The van der Waals surface area contributed by atoms with Crippen LogP contribution < -0.4 is 4.89 Å². The van der Waals surface area contributed by atoms with Gasteiger partial charge in [-0.1, -0.05) is 30.3 Å². The first-order valence-electron chi connectivity index (χ1n) is 6.26.